The molecule has 246 valence electrons. The minimum absolute atomic E-state index is 0.107. The molecular formula is C36H46N4O6. The van der Waals surface area contributed by atoms with Gasteiger partial charge in [-0.3, -0.25) is 14.4 Å². The first kappa shape index (κ1) is 32.0. The van der Waals surface area contributed by atoms with Gasteiger partial charge >= 0.3 is 5.97 Å². The number of oxime groups is 1. The Morgan fingerprint density at radius 2 is 1.85 bits per heavy atom. The molecule has 2 amide bonds. The van der Waals surface area contributed by atoms with E-state index in [9.17, 15) is 24.3 Å². The van der Waals surface area contributed by atoms with Crippen molar-refractivity contribution in [2.75, 3.05) is 13.2 Å². The Balaban J connectivity index is 0.983. The number of rotatable bonds is 10. The zero-order valence-corrected chi connectivity index (χ0v) is 27.1. The van der Waals surface area contributed by atoms with E-state index in [1.54, 1.807) is 13.1 Å². The van der Waals surface area contributed by atoms with Gasteiger partial charge in [-0.1, -0.05) is 42.8 Å². The van der Waals surface area contributed by atoms with Crippen LogP contribution in [0.4, 0.5) is 0 Å². The number of ketones is 1. The number of benzene rings is 1. The summed E-state index contributed by atoms with van der Waals surface area (Å²) >= 11 is 0. The molecule has 4 aliphatic carbocycles. The first-order valence-electron chi connectivity index (χ1n) is 16.7. The van der Waals surface area contributed by atoms with Crippen LogP contribution in [0.5, 0.6) is 0 Å². The van der Waals surface area contributed by atoms with Gasteiger partial charge in [0, 0.05) is 29.4 Å². The summed E-state index contributed by atoms with van der Waals surface area (Å²) < 4.78 is 0. The number of amides is 2. The van der Waals surface area contributed by atoms with E-state index in [0.29, 0.717) is 23.5 Å². The number of hydrogen-bond acceptors (Lipinski definition) is 6. The second kappa shape index (κ2) is 12.7. The molecule has 0 saturated heterocycles. The van der Waals surface area contributed by atoms with E-state index < -0.39 is 23.8 Å². The molecule has 10 nitrogen and oxygen atoms in total. The lowest BCUT2D eigenvalue weighted by Crippen LogP contribution is -2.51. The van der Waals surface area contributed by atoms with E-state index in [4.69, 9.17) is 4.84 Å². The highest BCUT2D eigenvalue weighted by Crippen LogP contribution is 2.66. The molecule has 4 aliphatic rings. The first-order chi connectivity index (χ1) is 22.0. The third-order valence-electron chi connectivity index (χ3n) is 12.0. The number of nitrogens with one attached hydrogen (secondary N) is 3. The molecule has 46 heavy (non-hydrogen) atoms. The summed E-state index contributed by atoms with van der Waals surface area (Å²) in [7, 11) is 0. The molecule has 6 rings (SSSR count). The van der Waals surface area contributed by atoms with Crippen molar-refractivity contribution in [1.29, 1.82) is 0 Å². The molecule has 2 aromatic rings. The van der Waals surface area contributed by atoms with Crippen molar-refractivity contribution in [2.24, 2.45) is 39.7 Å². The minimum atomic E-state index is -1.16. The fourth-order valence-electron chi connectivity index (χ4n) is 9.68. The number of aliphatic carboxylic acids is 1. The van der Waals surface area contributed by atoms with Crippen molar-refractivity contribution in [1.82, 2.24) is 15.6 Å². The Bertz CT molecular complexity index is 1590. The standard InChI is InChI=1S/C36H46N4O6/c1-21(41)27-10-11-28-26-9-8-23-17-24(12-14-35(23,2)29(26)13-15-36(27,28)3)40-46-20-33(43)38-19-32(42)39-31(34(44)45)16-22-18-37-30-7-5-4-6-25(22)30/h4-7,17-18,26-29,31,37H,8-16,19-20H2,1-3H3,(H,38,43)(H,39,42)(H,44,45)/b40-24+/t26-,27+,28-,29-,31-,35-,36+/m0/s1. The van der Waals surface area contributed by atoms with Gasteiger partial charge in [-0.05, 0) is 105 Å². The molecule has 1 aromatic carbocycles. The molecule has 0 unspecified atom stereocenters. The van der Waals surface area contributed by atoms with Crippen LogP contribution in [0.1, 0.15) is 77.7 Å². The third-order valence-corrected chi connectivity index (χ3v) is 12.0. The second-order valence-electron chi connectivity index (χ2n) is 14.4. The summed E-state index contributed by atoms with van der Waals surface area (Å²) in [6.45, 7) is 5.88. The highest BCUT2D eigenvalue weighted by molar-refractivity contribution is 5.96. The van der Waals surface area contributed by atoms with Crippen molar-refractivity contribution in [2.45, 2.75) is 84.6 Å². The monoisotopic (exact) mass is 630 g/mol. The Kier molecular flexibility index (Phi) is 8.83. The molecule has 0 aliphatic heterocycles. The summed E-state index contributed by atoms with van der Waals surface area (Å²) in [4.78, 5) is 57.6. The molecule has 0 radical (unpaired) electrons. The molecule has 10 heteroatoms. The van der Waals surface area contributed by atoms with Crippen LogP contribution < -0.4 is 10.6 Å². The highest BCUT2D eigenvalue weighted by atomic mass is 16.6. The number of carbonyl (C=O) groups is 4. The number of para-hydroxylation sites is 1. The number of aromatic amines is 1. The number of nitrogens with zero attached hydrogens (tertiary/aromatic N) is 1. The molecule has 0 spiro atoms. The summed E-state index contributed by atoms with van der Waals surface area (Å²) in [5, 5.41) is 19.8. The molecule has 7 atom stereocenters. The van der Waals surface area contributed by atoms with Crippen LogP contribution in [0.25, 0.3) is 10.9 Å². The van der Waals surface area contributed by atoms with Crippen molar-refractivity contribution in [3.05, 3.63) is 47.7 Å². The molecule has 4 N–H and O–H groups in total. The SMILES string of the molecule is CC(=O)[C@H]1CC[C@H]2[C@@H]3CCC4=C/C(=N/OCC(=O)NCC(=O)N[C@@H](Cc5c[nH]c6ccccc56)C(=O)O)CC[C@]4(C)[C@H]3CC[C@]12C. The normalized spacial score (nSPS) is 31.6. The number of H-pyrrole nitrogens is 1. The molecule has 1 heterocycles. The number of carboxylic acid groups (broad SMARTS) is 1. The van der Waals surface area contributed by atoms with E-state index in [2.05, 4.69) is 40.7 Å². The number of carboxylic acids is 1. The number of hydrogen-bond donors (Lipinski definition) is 4. The van der Waals surface area contributed by atoms with Gasteiger partial charge in [0.05, 0.1) is 12.3 Å². The van der Waals surface area contributed by atoms with Crippen LogP contribution in [-0.2, 0) is 30.4 Å². The quantitative estimate of drug-likeness (QED) is 0.273. The summed E-state index contributed by atoms with van der Waals surface area (Å²) in [6.07, 6.45) is 12.5. The number of fused-ring (bicyclic) bond motifs is 6. The van der Waals surface area contributed by atoms with Crippen LogP contribution in [0.2, 0.25) is 0 Å². The lowest BCUT2D eigenvalue weighted by molar-refractivity contribution is -0.141. The summed E-state index contributed by atoms with van der Waals surface area (Å²) in [6, 6.07) is 6.41. The van der Waals surface area contributed by atoms with Crippen molar-refractivity contribution < 1.29 is 29.1 Å². The predicted octanol–water partition coefficient (Wildman–Crippen LogP) is 4.94. The lowest BCUT2D eigenvalue weighted by Gasteiger charge is -2.58. The van der Waals surface area contributed by atoms with Gasteiger partial charge < -0.3 is 25.6 Å². The maximum atomic E-state index is 12.5. The largest absolute Gasteiger partial charge is 0.480 e. The Morgan fingerprint density at radius 3 is 2.63 bits per heavy atom. The van der Waals surface area contributed by atoms with Gasteiger partial charge in [-0.15, -0.1) is 0 Å². The molecule has 3 fully saturated rings. The van der Waals surface area contributed by atoms with Crippen LogP contribution in [0.15, 0.2) is 47.3 Å². The third kappa shape index (κ3) is 5.98. The number of allylic oxidation sites excluding steroid dienone is 2. The molecule has 1 aromatic heterocycles. The van der Waals surface area contributed by atoms with Gasteiger partial charge in [0.15, 0.2) is 6.61 Å². The van der Waals surface area contributed by atoms with E-state index in [-0.39, 0.29) is 36.3 Å². The van der Waals surface area contributed by atoms with Gasteiger partial charge in [0.25, 0.3) is 5.91 Å². The maximum absolute atomic E-state index is 12.5. The smallest absolute Gasteiger partial charge is 0.326 e. The van der Waals surface area contributed by atoms with Crippen LogP contribution in [-0.4, -0.2) is 58.6 Å². The maximum Gasteiger partial charge on any atom is 0.326 e. The molecule has 3 saturated carbocycles. The molecule has 0 bridgehead atoms. The first-order valence-corrected chi connectivity index (χ1v) is 16.7. The van der Waals surface area contributed by atoms with Crippen molar-refractivity contribution in [3.63, 3.8) is 0 Å². The average molecular weight is 631 g/mol. The lowest BCUT2D eigenvalue weighted by atomic mass is 9.46. The van der Waals surface area contributed by atoms with Crippen LogP contribution >= 0.6 is 0 Å². The summed E-state index contributed by atoms with van der Waals surface area (Å²) in [5.74, 6) is 0.238. The zero-order chi connectivity index (χ0) is 32.6. The van der Waals surface area contributed by atoms with Crippen LogP contribution in [0.3, 0.4) is 0 Å². The van der Waals surface area contributed by atoms with Gasteiger partial charge in [0.1, 0.15) is 11.8 Å². The minimum Gasteiger partial charge on any atom is -0.480 e. The second-order valence-corrected chi connectivity index (χ2v) is 14.4. The van der Waals surface area contributed by atoms with Gasteiger partial charge in [-0.2, -0.15) is 0 Å². The van der Waals surface area contributed by atoms with E-state index in [0.717, 1.165) is 60.7 Å². The molecular weight excluding hydrogens is 584 g/mol. The van der Waals surface area contributed by atoms with E-state index >= 15 is 0 Å². The number of carbonyl (C=O) groups excluding carboxylic acids is 3. The van der Waals surface area contributed by atoms with E-state index in [1.807, 2.05) is 24.3 Å². The topological polar surface area (TPSA) is 150 Å². The van der Waals surface area contributed by atoms with Crippen molar-refractivity contribution in [3.8, 4) is 0 Å². The fraction of sp³-hybridized carbons (Fsp3) is 0.583. The number of aromatic nitrogens is 1. The highest BCUT2D eigenvalue weighted by Gasteiger charge is 2.59. The zero-order valence-electron chi connectivity index (χ0n) is 27.1. The number of Topliss-reactive ketones (excluding diaryl/α,β-unsaturated/α-hetero) is 1. The Hall–Kier alpha value is -3.95. The van der Waals surface area contributed by atoms with Gasteiger partial charge in [0.2, 0.25) is 5.91 Å². The Morgan fingerprint density at radius 1 is 1.04 bits per heavy atom. The Labute approximate surface area is 269 Å². The summed E-state index contributed by atoms with van der Waals surface area (Å²) in [5.41, 5.74) is 4.20. The predicted molar refractivity (Wildman–Crippen MR) is 174 cm³/mol. The average Bonchev–Trinajstić information content (AvgIpc) is 3.60. The van der Waals surface area contributed by atoms with E-state index in [1.165, 1.54) is 18.4 Å². The van der Waals surface area contributed by atoms with Crippen molar-refractivity contribution >= 4 is 40.2 Å². The fourth-order valence-corrected chi connectivity index (χ4v) is 9.68. The van der Waals surface area contributed by atoms with Crippen LogP contribution in [0, 0.1) is 34.5 Å². The van der Waals surface area contributed by atoms with Gasteiger partial charge in [-0.25, -0.2) is 4.79 Å².